The fourth-order valence-corrected chi connectivity index (χ4v) is 2.30. The molecule has 1 unspecified atom stereocenters. The quantitative estimate of drug-likeness (QED) is 0.778. The Hall–Kier alpha value is -1.37. The molecule has 0 amide bonds. The Bertz CT molecular complexity index is 447. The van der Waals surface area contributed by atoms with Gasteiger partial charge in [-0.05, 0) is 6.92 Å². The summed E-state index contributed by atoms with van der Waals surface area (Å²) < 4.78 is 22.1. The lowest BCUT2D eigenvalue weighted by Crippen LogP contribution is -2.25. The maximum atomic E-state index is 11.1. The monoisotopic (exact) mass is 244 g/mol. The molecule has 0 aliphatic carbocycles. The molecule has 1 atom stereocenters. The number of nitrogens with one attached hydrogen (secondary N) is 2. The van der Waals surface area contributed by atoms with E-state index in [-0.39, 0.29) is 11.8 Å². The van der Waals surface area contributed by atoms with Crippen molar-refractivity contribution in [1.82, 2.24) is 9.97 Å². The Labute approximate surface area is 95.4 Å². The largest absolute Gasteiger partial charge is 0.372 e. The van der Waals surface area contributed by atoms with E-state index in [2.05, 4.69) is 20.6 Å². The van der Waals surface area contributed by atoms with E-state index in [4.69, 9.17) is 0 Å². The van der Waals surface area contributed by atoms with Crippen LogP contribution in [-0.2, 0) is 9.84 Å². The van der Waals surface area contributed by atoms with Gasteiger partial charge in [-0.3, -0.25) is 4.98 Å². The number of hydrogen-bond donors (Lipinski definition) is 2. The van der Waals surface area contributed by atoms with Crippen LogP contribution in [0.15, 0.2) is 12.4 Å². The van der Waals surface area contributed by atoms with E-state index in [0.717, 1.165) is 0 Å². The minimum atomic E-state index is -2.99. The number of sulfone groups is 1. The minimum Gasteiger partial charge on any atom is -0.372 e. The Morgan fingerprint density at radius 1 is 1.38 bits per heavy atom. The van der Waals surface area contributed by atoms with Crippen molar-refractivity contribution in [2.45, 2.75) is 13.0 Å². The molecular weight excluding hydrogens is 228 g/mol. The molecule has 0 aromatic carbocycles. The van der Waals surface area contributed by atoms with Crippen molar-refractivity contribution in [3.8, 4) is 0 Å². The molecule has 0 fully saturated rings. The summed E-state index contributed by atoms with van der Waals surface area (Å²) in [6, 6.07) is -0.198. The zero-order chi connectivity index (χ0) is 12.2. The maximum Gasteiger partial charge on any atom is 0.149 e. The summed E-state index contributed by atoms with van der Waals surface area (Å²) in [5.74, 6) is 1.26. The van der Waals surface area contributed by atoms with Gasteiger partial charge in [-0.2, -0.15) is 0 Å². The van der Waals surface area contributed by atoms with Gasteiger partial charge in [0.25, 0.3) is 0 Å². The molecule has 6 nitrogen and oxygen atoms in total. The molecule has 1 aromatic heterocycles. The smallest absolute Gasteiger partial charge is 0.149 e. The predicted molar refractivity (Wildman–Crippen MR) is 64.4 cm³/mol. The number of rotatable bonds is 5. The second-order valence-corrected chi connectivity index (χ2v) is 5.86. The topological polar surface area (TPSA) is 84.0 Å². The van der Waals surface area contributed by atoms with E-state index in [9.17, 15) is 8.42 Å². The van der Waals surface area contributed by atoms with Crippen LogP contribution in [0.4, 0.5) is 11.6 Å². The lowest BCUT2D eigenvalue weighted by molar-refractivity contribution is 0.598. The van der Waals surface area contributed by atoms with E-state index in [1.54, 1.807) is 26.4 Å². The fraction of sp³-hybridized carbons (Fsp3) is 0.556. The van der Waals surface area contributed by atoms with E-state index in [1.165, 1.54) is 6.26 Å². The van der Waals surface area contributed by atoms with Crippen LogP contribution >= 0.6 is 0 Å². The summed E-state index contributed by atoms with van der Waals surface area (Å²) in [7, 11) is -1.24. The van der Waals surface area contributed by atoms with Crippen molar-refractivity contribution < 1.29 is 8.42 Å². The van der Waals surface area contributed by atoms with Crippen LogP contribution in [-0.4, -0.2) is 43.5 Å². The third-order valence-electron chi connectivity index (χ3n) is 1.84. The van der Waals surface area contributed by atoms with Gasteiger partial charge in [0, 0.05) is 19.3 Å². The Kier molecular flexibility index (Phi) is 4.05. The molecule has 0 aliphatic heterocycles. The first kappa shape index (κ1) is 12.7. The second kappa shape index (κ2) is 5.11. The Morgan fingerprint density at radius 2 is 2.00 bits per heavy atom. The van der Waals surface area contributed by atoms with Crippen LogP contribution in [0.1, 0.15) is 6.92 Å². The van der Waals surface area contributed by atoms with Crippen LogP contribution in [0, 0.1) is 0 Å². The molecule has 0 saturated carbocycles. The molecule has 16 heavy (non-hydrogen) atoms. The van der Waals surface area contributed by atoms with Gasteiger partial charge in [-0.15, -0.1) is 0 Å². The van der Waals surface area contributed by atoms with Crippen molar-refractivity contribution in [1.29, 1.82) is 0 Å². The normalized spacial score (nSPS) is 13.2. The minimum absolute atomic E-state index is 0.0679. The third kappa shape index (κ3) is 4.43. The number of aromatic nitrogens is 2. The van der Waals surface area contributed by atoms with Crippen molar-refractivity contribution in [3.05, 3.63) is 12.4 Å². The molecule has 90 valence electrons. The van der Waals surface area contributed by atoms with E-state index in [1.807, 2.05) is 0 Å². The molecule has 1 aromatic rings. The van der Waals surface area contributed by atoms with Crippen LogP contribution in [0.25, 0.3) is 0 Å². The van der Waals surface area contributed by atoms with Gasteiger partial charge in [0.2, 0.25) is 0 Å². The highest BCUT2D eigenvalue weighted by Gasteiger charge is 2.10. The zero-order valence-corrected chi connectivity index (χ0v) is 10.4. The highest BCUT2D eigenvalue weighted by molar-refractivity contribution is 7.90. The molecule has 0 bridgehead atoms. The molecule has 2 N–H and O–H groups in total. The Morgan fingerprint density at radius 3 is 2.56 bits per heavy atom. The van der Waals surface area contributed by atoms with Crippen molar-refractivity contribution in [2.75, 3.05) is 29.7 Å². The van der Waals surface area contributed by atoms with Gasteiger partial charge in [-0.25, -0.2) is 13.4 Å². The summed E-state index contributed by atoms with van der Waals surface area (Å²) in [5.41, 5.74) is 0. The summed E-state index contributed by atoms with van der Waals surface area (Å²) in [6.45, 7) is 1.79. The summed E-state index contributed by atoms with van der Waals surface area (Å²) in [6.07, 6.45) is 4.35. The van der Waals surface area contributed by atoms with Gasteiger partial charge in [0.1, 0.15) is 21.5 Å². The predicted octanol–water partition coefficient (Wildman–Crippen LogP) is 0.363. The molecule has 1 rings (SSSR count). The molecule has 0 spiro atoms. The maximum absolute atomic E-state index is 11.1. The third-order valence-corrected chi connectivity index (χ3v) is 2.94. The highest BCUT2D eigenvalue weighted by Crippen LogP contribution is 2.07. The SMILES string of the molecule is CNc1cncc(NC(C)CS(C)(=O)=O)n1. The highest BCUT2D eigenvalue weighted by atomic mass is 32.2. The first-order chi connectivity index (χ1) is 7.40. The average molecular weight is 244 g/mol. The van der Waals surface area contributed by atoms with Crippen molar-refractivity contribution in [3.63, 3.8) is 0 Å². The first-order valence-corrected chi connectivity index (χ1v) is 6.91. The molecule has 1 heterocycles. The van der Waals surface area contributed by atoms with Crippen LogP contribution in [0.2, 0.25) is 0 Å². The summed E-state index contributed by atoms with van der Waals surface area (Å²) >= 11 is 0. The van der Waals surface area contributed by atoms with E-state index < -0.39 is 9.84 Å². The standard InChI is InChI=1S/C9H16N4O2S/c1-7(6-16(3,14)15)12-9-5-11-4-8(10-2)13-9/h4-5,7H,6H2,1-3H3,(H2,10,12,13). The van der Waals surface area contributed by atoms with Crippen molar-refractivity contribution in [2.24, 2.45) is 0 Å². The lowest BCUT2D eigenvalue weighted by atomic mass is 10.4. The molecular formula is C9H16N4O2S. The zero-order valence-electron chi connectivity index (χ0n) is 9.56. The van der Waals surface area contributed by atoms with Crippen LogP contribution < -0.4 is 10.6 Å². The van der Waals surface area contributed by atoms with Gasteiger partial charge < -0.3 is 10.6 Å². The Balaban J connectivity index is 2.65. The van der Waals surface area contributed by atoms with Gasteiger partial charge in [0.05, 0.1) is 18.1 Å². The number of nitrogens with zero attached hydrogens (tertiary/aromatic N) is 2. The molecule has 0 aliphatic rings. The van der Waals surface area contributed by atoms with Gasteiger partial charge in [-0.1, -0.05) is 0 Å². The van der Waals surface area contributed by atoms with E-state index >= 15 is 0 Å². The molecule has 0 saturated heterocycles. The first-order valence-electron chi connectivity index (χ1n) is 4.85. The lowest BCUT2D eigenvalue weighted by Gasteiger charge is -2.13. The number of hydrogen-bond acceptors (Lipinski definition) is 6. The molecule has 0 radical (unpaired) electrons. The summed E-state index contributed by atoms with van der Waals surface area (Å²) in [5, 5.41) is 5.84. The fourth-order valence-electron chi connectivity index (χ4n) is 1.30. The van der Waals surface area contributed by atoms with Gasteiger partial charge >= 0.3 is 0 Å². The number of anilines is 2. The van der Waals surface area contributed by atoms with E-state index in [0.29, 0.717) is 11.6 Å². The van der Waals surface area contributed by atoms with Gasteiger partial charge in [0.15, 0.2) is 0 Å². The van der Waals surface area contributed by atoms with Crippen molar-refractivity contribution >= 4 is 21.5 Å². The van der Waals surface area contributed by atoms with Crippen LogP contribution in [0.3, 0.4) is 0 Å². The average Bonchev–Trinajstić information content (AvgIpc) is 2.15. The summed E-state index contributed by atoms with van der Waals surface area (Å²) in [4.78, 5) is 8.15. The molecule has 7 heteroatoms. The second-order valence-electron chi connectivity index (χ2n) is 3.68. The van der Waals surface area contributed by atoms with Crippen LogP contribution in [0.5, 0.6) is 0 Å².